The lowest BCUT2D eigenvalue weighted by atomic mass is 10.1. The van der Waals surface area contributed by atoms with Gasteiger partial charge >= 0.3 is 6.03 Å². The third kappa shape index (κ3) is 8.75. The molecule has 0 fully saturated rings. The molecule has 3 amide bonds. The van der Waals surface area contributed by atoms with Gasteiger partial charge in [0.2, 0.25) is 5.91 Å². The van der Waals surface area contributed by atoms with Crippen LogP contribution in [0.2, 0.25) is 0 Å². The van der Waals surface area contributed by atoms with Gasteiger partial charge in [0.15, 0.2) is 0 Å². The van der Waals surface area contributed by atoms with E-state index in [2.05, 4.69) is 21.3 Å². The fourth-order valence-corrected chi connectivity index (χ4v) is 3.43. The number of carbonyl (C=O) groups is 2. The zero-order chi connectivity index (χ0) is 25.0. The lowest BCUT2D eigenvalue weighted by molar-refractivity contribution is -0.118. The summed E-state index contributed by atoms with van der Waals surface area (Å²) in [5.41, 5.74) is 9.76. The van der Waals surface area contributed by atoms with Gasteiger partial charge in [-0.2, -0.15) is 0 Å². The summed E-state index contributed by atoms with van der Waals surface area (Å²) in [5, 5.41) is 11.7. The third-order valence-electron chi connectivity index (χ3n) is 5.44. The van der Waals surface area contributed by atoms with Crippen molar-refractivity contribution >= 4 is 29.0 Å². The van der Waals surface area contributed by atoms with Crippen LogP contribution in [0, 0.1) is 12.7 Å². The Morgan fingerprint density at radius 3 is 2.09 bits per heavy atom. The Morgan fingerprint density at radius 2 is 1.43 bits per heavy atom. The second kappa shape index (κ2) is 13.1. The van der Waals surface area contributed by atoms with Gasteiger partial charge < -0.3 is 27.0 Å². The number of nitrogens with two attached hydrogens (primary N) is 1. The van der Waals surface area contributed by atoms with Crippen LogP contribution in [0.4, 0.5) is 26.2 Å². The Labute approximate surface area is 205 Å². The first-order valence-corrected chi connectivity index (χ1v) is 11.7. The molecule has 8 heteroatoms. The highest BCUT2D eigenvalue weighted by molar-refractivity contribution is 5.99. The summed E-state index contributed by atoms with van der Waals surface area (Å²) in [5.74, 6) is -0.543. The van der Waals surface area contributed by atoms with Crippen LogP contribution in [0.1, 0.15) is 30.4 Å². The highest BCUT2D eigenvalue weighted by Crippen LogP contribution is 2.16. The summed E-state index contributed by atoms with van der Waals surface area (Å²) in [6.45, 7) is 3.05. The summed E-state index contributed by atoms with van der Waals surface area (Å²) in [7, 11) is 0. The Hall–Kier alpha value is -3.91. The molecule has 3 aromatic rings. The van der Waals surface area contributed by atoms with Gasteiger partial charge in [0.1, 0.15) is 11.9 Å². The molecule has 0 spiro atoms. The summed E-state index contributed by atoms with van der Waals surface area (Å²) < 4.78 is 13.0. The molecule has 6 N–H and O–H groups in total. The molecule has 3 rings (SSSR count). The maximum Gasteiger partial charge on any atom is 0.319 e. The number of rotatable bonds is 11. The highest BCUT2D eigenvalue weighted by atomic mass is 19.1. The monoisotopic (exact) mass is 477 g/mol. The highest BCUT2D eigenvalue weighted by Gasteiger charge is 2.20. The molecule has 0 heterocycles. The number of carbonyl (C=O) groups excluding carboxylic acids is 2. The lowest BCUT2D eigenvalue weighted by Gasteiger charge is -2.19. The zero-order valence-corrected chi connectivity index (χ0v) is 19.8. The first kappa shape index (κ1) is 25.7. The molecule has 0 bridgehead atoms. The molecule has 0 unspecified atom stereocenters. The molecular formula is C27H32FN5O2. The van der Waals surface area contributed by atoms with Crippen molar-refractivity contribution in [2.24, 2.45) is 5.73 Å². The van der Waals surface area contributed by atoms with Crippen molar-refractivity contribution < 1.29 is 14.0 Å². The first-order valence-electron chi connectivity index (χ1n) is 11.7. The first-order chi connectivity index (χ1) is 16.9. The predicted molar refractivity (Wildman–Crippen MR) is 139 cm³/mol. The van der Waals surface area contributed by atoms with Crippen molar-refractivity contribution in [2.75, 3.05) is 22.5 Å². The van der Waals surface area contributed by atoms with E-state index in [1.165, 1.54) is 12.1 Å². The molecule has 7 nitrogen and oxygen atoms in total. The van der Waals surface area contributed by atoms with Crippen LogP contribution >= 0.6 is 0 Å². The van der Waals surface area contributed by atoms with Crippen LogP contribution in [0.3, 0.4) is 0 Å². The molecule has 0 aliphatic rings. The Kier molecular flexibility index (Phi) is 9.62. The number of urea groups is 1. The second-order valence-electron chi connectivity index (χ2n) is 8.35. The van der Waals surface area contributed by atoms with Gasteiger partial charge in [-0.05, 0) is 86.8 Å². The smallest absolute Gasteiger partial charge is 0.319 e. The normalized spacial score (nSPS) is 11.4. The number of anilines is 3. The van der Waals surface area contributed by atoms with Crippen LogP contribution < -0.4 is 27.0 Å². The van der Waals surface area contributed by atoms with Gasteiger partial charge in [-0.3, -0.25) is 4.79 Å². The van der Waals surface area contributed by atoms with E-state index in [9.17, 15) is 14.0 Å². The Bertz CT molecular complexity index is 1090. The summed E-state index contributed by atoms with van der Waals surface area (Å²) in [4.78, 5) is 25.4. The van der Waals surface area contributed by atoms with E-state index in [0.29, 0.717) is 30.9 Å². The largest absolute Gasteiger partial charge is 0.381 e. The second-order valence-corrected chi connectivity index (χ2v) is 8.35. The standard InChI is InChI=1S/C27H32FN5O2/c1-19-5-11-23(12-6-19)31-26(34)25(4-2-3-17-29)33-27(35)32-24-15-13-22(14-16-24)30-18-20-7-9-21(28)10-8-20/h5-16,25,30H,2-4,17-18,29H2,1H3,(H,31,34)(H2,32,33,35)/t25-/m0/s1. The SMILES string of the molecule is Cc1ccc(NC(=O)[C@H](CCCCN)NC(=O)Nc2ccc(NCc3ccc(F)cc3)cc2)cc1. The number of benzene rings is 3. The molecule has 1 atom stereocenters. The number of amides is 3. The zero-order valence-electron chi connectivity index (χ0n) is 19.8. The molecule has 184 valence electrons. The predicted octanol–water partition coefficient (Wildman–Crippen LogP) is 5.00. The van der Waals surface area contributed by atoms with Gasteiger partial charge in [-0.25, -0.2) is 9.18 Å². The molecule has 0 aliphatic heterocycles. The summed E-state index contributed by atoms with van der Waals surface area (Å²) in [6, 6.07) is 19.8. The number of hydrogen-bond acceptors (Lipinski definition) is 4. The van der Waals surface area contributed by atoms with E-state index in [1.807, 2.05) is 43.3 Å². The lowest BCUT2D eigenvalue weighted by Crippen LogP contribution is -2.45. The summed E-state index contributed by atoms with van der Waals surface area (Å²) >= 11 is 0. The van der Waals surface area contributed by atoms with E-state index < -0.39 is 12.1 Å². The molecule has 3 aromatic carbocycles. The minimum atomic E-state index is -0.695. The van der Waals surface area contributed by atoms with Crippen molar-refractivity contribution in [1.82, 2.24) is 5.32 Å². The summed E-state index contributed by atoms with van der Waals surface area (Å²) in [6.07, 6.45) is 1.97. The van der Waals surface area contributed by atoms with Crippen LogP contribution in [0.5, 0.6) is 0 Å². The molecule has 0 aliphatic carbocycles. The van der Waals surface area contributed by atoms with Gasteiger partial charge in [-0.1, -0.05) is 29.8 Å². The van der Waals surface area contributed by atoms with Crippen molar-refractivity contribution in [3.8, 4) is 0 Å². The number of nitrogens with one attached hydrogen (secondary N) is 4. The quantitative estimate of drug-likeness (QED) is 0.250. The Morgan fingerprint density at radius 1 is 0.829 bits per heavy atom. The molecule has 0 saturated carbocycles. The van der Waals surface area contributed by atoms with Crippen molar-refractivity contribution in [1.29, 1.82) is 0 Å². The molecule has 0 aromatic heterocycles. The molecule has 0 saturated heterocycles. The van der Waals surface area contributed by atoms with Crippen molar-refractivity contribution in [2.45, 2.75) is 38.8 Å². The topological polar surface area (TPSA) is 108 Å². The number of unbranched alkanes of at least 4 members (excludes halogenated alkanes) is 1. The molecular weight excluding hydrogens is 445 g/mol. The van der Waals surface area contributed by atoms with Crippen LogP contribution in [-0.2, 0) is 11.3 Å². The molecule has 0 radical (unpaired) electrons. The Balaban J connectivity index is 1.53. The minimum Gasteiger partial charge on any atom is -0.381 e. The van der Waals surface area contributed by atoms with E-state index >= 15 is 0 Å². The number of halogens is 1. The third-order valence-corrected chi connectivity index (χ3v) is 5.44. The minimum absolute atomic E-state index is 0.267. The van der Waals surface area contributed by atoms with Crippen LogP contribution in [0.25, 0.3) is 0 Å². The number of hydrogen-bond donors (Lipinski definition) is 5. The average Bonchev–Trinajstić information content (AvgIpc) is 2.85. The van der Waals surface area contributed by atoms with Crippen LogP contribution in [-0.4, -0.2) is 24.5 Å². The van der Waals surface area contributed by atoms with Crippen molar-refractivity contribution in [3.05, 3.63) is 89.7 Å². The fraction of sp³-hybridized carbons (Fsp3) is 0.259. The number of aryl methyl sites for hydroxylation is 1. The molecule has 35 heavy (non-hydrogen) atoms. The van der Waals surface area contributed by atoms with Gasteiger partial charge in [0.05, 0.1) is 0 Å². The van der Waals surface area contributed by atoms with Gasteiger partial charge in [0, 0.05) is 23.6 Å². The maximum absolute atomic E-state index is 13.0. The van der Waals surface area contributed by atoms with Crippen molar-refractivity contribution in [3.63, 3.8) is 0 Å². The van der Waals surface area contributed by atoms with Crippen LogP contribution in [0.15, 0.2) is 72.8 Å². The maximum atomic E-state index is 13.0. The van der Waals surface area contributed by atoms with E-state index in [4.69, 9.17) is 5.73 Å². The van der Waals surface area contributed by atoms with E-state index in [1.54, 1.807) is 24.3 Å². The van der Waals surface area contributed by atoms with Gasteiger partial charge in [-0.15, -0.1) is 0 Å². The average molecular weight is 478 g/mol. The van der Waals surface area contributed by atoms with E-state index in [0.717, 1.165) is 29.7 Å². The van der Waals surface area contributed by atoms with E-state index in [-0.39, 0.29) is 11.7 Å². The van der Waals surface area contributed by atoms with Gasteiger partial charge in [0.25, 0.3) is 0 Å². The fourth-order valence-electron chi connectivity index (χ4n) is 3.43.